The summed E-state index contributed by atoms with van der Waals surface area (Å²) in [4.78, 5) is 16.6. The normalized spacial score (nSPS) is 15.8. The van der Waals surface area contributed by atoms with Gasteiger partial charge in [-0.3, -0.25) is 9.69 Å². The third kappa shape index (κ3) is 5.56. The second-order valence-corrected chi connectivity index (χ2v) is 9.27. The Morgan fingerprint density at radius 2 is 1.59 bits per heavy atom. The number of nitrogens with zero attached hydrogens (tertiary/aromatic N) is 3. The molecule has 1 heterocycles. The lowest BCUT2D eigenvalue weighted by atomic mass is 10.2. The summed E-state index contributed by atoms with van der Waals surface area (Å²) in [7, 11) is 0.508. The van der Waals surface area contributed by atoms with Crippen LogP contribution in [-0.2, 0) is 21.4 Å². The van der Waals surface area contributed by atoms with Crippen LogP contribution in [0.1, 0.15) is 5.56 Å². The molecular weight excluding hydrogens is 388 g/mol. The smallest absolute Gasteiger partial charge is 0.243 e. The monoisotopic (exact) mass is 416 g/mol. The number of anilines is 1. The molecule has 3 rings (SSSR count). The highest BCUT2D eigenvalue weighted by Crippen LogP contribution is 2.17. The lowest BCUT2D eigenvalue weighted by Gasteiger charge is -2.33. The van der Waals surface area contributed by atoms with E-state index in [1.807, 2.05) is 48.2 Å². The topological polar surface area (TPSA) is 73.0 Å². The van der Waals surface area contributed by atoms with Gasteiger partial charge in [-0.1, -0.05) is 30.3 Å². The molecular formula is C21H28N4O3S. The molecule has 0 aromatic heterocycles. The Labute approximate surface area is 173 Å². The molecule has 1 fully saturated rings. The van der Waals surface area contributed by atoms with Crippen LogP contribution in [0.3, 0.4) is 0 Å². The van der Waals surface area contributed by atoms with Crippen LogP contribution in [0, 0.1) is 0 Å². The van der Waals surface area contributed by atoms with Crippen molar-refractivity contribution in [2.45, 2.75) is 11.4 Å². The SMILES string of the molecule is CN(C)c1ccc(CNC(=O)CN2CCN(S(=O)(=O)c3ccccc3)CC2)cc1. The number of amides is 1. The molecule has 2 aromatic carbocycles. The van der Waals surface area contributed by atoms with Crippen molar-refractivity contribution in [1.82, 2.24) is 14.5 Å². The van der Waals surface area contributed by atoms with Crippen LogP contribution < -0.4 is 10.2 Å². The van der Waals surface area contributed by atoms with Crippen LogP contribution in [0.15, 0.2) is 59.5 Å². The van der Waals surface area contributed by atoms with E-state index in [0.29, 0.717) is 37.6 Å². The lowest BCUT2D eigenvalue weighted by molar-refractivity contribution is -0.122. The van der Waals surface area contributed by atoms with Gasteiger partial charge in [-0.15, -0.1) is 0 Å². The number of carbonyl (C=O) groups is 1. The summed E-state index contributed by atoms with van der Waals surface area (Å²) >= 11 is 0. The third-order valence-electron chi connectivity index (χ3n) is 5.02. The Morgan fingerprint density at radius 1 is 0.966 bits per heavy atom. The van der Waals surface area contributed by atoms with Crippen LogP contribution in [-0.4, -0.2) is 70.3 Å². The molecule has 2 aromatic rings. The summed E-state index contributed by atoms with van der Waals surface area (Å²) in [5, 5.41) is 2.94. The quantitative estimate of drug-likeness (QED) is 0.738. The predicted octanol–water partition coefficient (Wildman–Crippen LogP) is 1.38. The van der Waals surface area contributed by atoms with Gasteiger partial charge in [-0.25, -0.2) is 8.42 Å². The summed E-state index contributed by atoms with van der Waals surface area (Å²) in [6, 6.07) is 16.5. The number of nitrogens with one attached hydrogen (secondary N) is 1. The molecule has 1 saturated heterocycles. The number of piperazine rings is 1. The molecule has 0 aliphatic carbocycles. The maximum Gasteiger partial charge on any atom is 0.243 e. The maximum atomic E-state index is 12.7. The molecule has 8 heteroatoms. The van der Waals surface area contributed by atoms with Crippen molar-refractivity contribution in [2.24, 2.45) is 0 Å². The summed E-state index contributed by atoms with van der Waals surface area (Å²) in [5.74, 6) is -0.0546. The first-order valence-corrected chi connectivity index (χ1v) is 11.1. The minimum atomic E-state index is -3.47. The van der Waals surface area contributed by atoms with Gasteiger partial charge in [0, 0.05) is 52.5 Å². The molecule has 0 radical (unpaired) electrons. The number of hydrogen-bond acceptors (Lipinski definition) is 5. The molecule has 1 aliphatic rings. The minimum Gasteiger partial charge on any atom is -0.378 e. The highest BCUT2D eigenvalue weighted by atomic mass is 32.2. The summed E-state index contributed by atoms with van der Waals surface area (Å²) in [6.45, 7) is 2.60. The predicted molar refractivity (Wildman–Crippen MR) is 114 cm³/mol. The van der Waals surface area contributed by atoms with Gasteiger partial charge in [0.05, 0.1) is 11.4 Å². The van der Waals surface area contributed by atoms with Gasteiger partial charge in [-0.2, -0.15) is 4.31 Å². The zero-order valence-corrected chi connectivity index (χ0v) is 17.7. The molecule has 0 bridgehead atoms. The standard InChI is InChI=1S/C21H28N4O3S/c1-23(2)19-10-8-18(9-11-19)16-22-21(26)17-24-12-14-25(15-13-24)29(27,28)20-6-4-3-5-7-20/h3-11H,12-17H2,1-2H3,(H,22,26). The van der Waals surface area contributed by atoms with Crippen molar-refractivity contribution in [3.05, 3.63) is 60.2 Å². The van der Waals surface area contributed by atoms with Crippen molar-refractivity contribution in [2.75, 3.05) is 51.7 Å². The van der Waals surface area contributed by atoms with Crippen molar-refractivity contribution in [3.8, 4) is 0 Å². The molecule has 0 spiro atoms. The molecule has 0 unspecified atom stereocenters. The van der Waals surface area contributed by atoms with Gasteiger partial charge >= 0.3 is 0 Å². The molecule has 1 aliphatic heterocycles. The van der Waals surface area contributed by atoms with E-state index in [4.69, 9.17) is 0 Å². The zero-order valence-electron chi connectivity index (χ0n) is 16.9. The second kappa shape index (κ2) is 9.39. The van der Waals surface area contributed by atoms with Gasteiger partial charge < -0.3 is 10.2 Å². The van der Waals surface area contributed by atoms with Gasteiger partial charge in [-0.05, 0) is 29.8 Å². The second-order valence-electron chi connectivity index (χ2n) is 7.33. The van der Waals surface area contributed by atoms with E-state index in [9.17, 15) is 13.2 Å². The lowest BCUT2D eigenvalue weighted by Crippen LogP contribution is -2.50. The number of sulfonamides is 1. The zero-order chi connectivity index (χ0) is 20.9. The molecule has 156 valence electrons. The molecule has 0 atom stereocenters. The average molecular weight is 417 g/mol. The Kier molecular flexibility index (Phi) is 6.89. The van der Waals surface area contributed by atoms with Crippen LogP contribution in [0.25, 0.3) is 0 Å². The molecule has 1 amide bonds. The average Bonchev–Trinajstić information content (AvgIpc) is 2.73. The van der Waals surface area contributed by atoms with E-state index >= 15 is 0 Å². The first-order valence-electron chi connectivity index (χ1n) is 9.67. The molecule has 29 heavy (non-hydrogen) atoms. The van der Waals surface area contributed by atoms with E-state index in [1.54, 1.807) is 30.3 Å². The maximum absolute atomic E-state index is 12.7. The molecule has 0 saturated carbocycles. The van der Waals surface area contributed by atoms with Crippen LogP contribution in [0.2, 0.25) is 0 Å². The van der Waals surface area contributed by atoms with Crippen molar-refractivity contribution in [3.63, 3.8) is 0 Å². The van der Waals surface area contributed by atoms with Gasteiger partial charge in [0.15, 0.2) is 0 Å². The van der Waals surface area contributed by atoms with E-state index in [1.165, 1.54) is 4.31 Å². The number of carbonyl (C=O) groups excluding carboxylic acids is 1. The fraction of sp³-hybridized carbons (Fsp3) is 0.381. The highest BCUT2D eigenvalue weighted by molar-refractivity contribution is 7.89. The van der Waals surface area contributed by atoms with E-state index in [-0.39, 0.29) is 12.5 Å². The van der Waals surface area contributed by atoms with E-state index in [0.717, 1.165) is 11.3 Å². The summed E-state index contributed by atoms with van der Waals surface area (Å²) < 4.78 is 26.8. The van der Waals surface area contributed by atoms with Crippen LogP contribution >= 0.6 is 0 Å². The van der Waals surface area contributed by atoms with Gasteiger partial charge in [0.1, 0.15) is 0 Å². The number of rotatable bonds is 7. The largest absolute Gasteiger partial charge is 0.378 e. The Bertz CT molecular complexity index is 907. The Balaban J connectivity index is 1.45. The number of hydrogen-bond donors (Lipinski definition) is 1. The van der Waals surface area contributed by atoms with Crippen molar-refractivity contribution >= 4 is 21.6 Å². The number of benzene rings is 2. The highest BCUT2D eigenvalue weighted by Gasteiger charge is 2.28. The summed E-state index contributed by atoms with van der Waals surface area (Å²) in [6.07, 6.45) is 0. The Morgan fingerprint density at radius 3 is 2.17 bits per heavy atom. The Hall–Kier alpha value is -2.42. The minimum absolute atomic E-state index is 0.0546. The first kappa shape index (κ1) is 21.3. The molecule has 1 N–H and O–H groups in total. The van der Waals surface area contributed by atoms with Gasteiger partial charge in [0.25, 0.3) is 0 Å². The van der Waals surface area contributed by atoms with Crippen molar-refractivity contribution < 1.29 is 13.2 Å². The van der Waals surface area contributed by atoms with Crippen LogP contribution in [0.4, 0.5) is 5.69 Å². The fourth-order valence-corrected chi connectivity index (χ4v) is 4.68. The van der Waals surface area contributed by atoms with E-state index < -0.39 is 10.0 Å². The summed E-state index contributed by atoms with van der Waals surface area (Å²) in [5.41, 5.74) is 2.16. The third-order valence-corrected chi connectivity index (χ3v) is 6.93. The van der Waals surface area contributed by atoms with Crippen molar-refractivity contribution in [1.29, 1.82) is 0 Å². The van der Waals surface area contributed by atoms with E-state index in [2.05, 4.69) is 5.32 Å². The van der Waals surface area contributed by atoms with Crippen LogP contribution in [0.5, 0.6) is 0 Å². The first-order chi connectivity index (χ1) is 13.9. The molecule has 7 nitrogen and oxygen atoms in total. The fourth-order valence-electron chi connectivity index (χ4n) is 3.24. The van der Waals surface area contributed by atoms with Gasteiger partial charge in [0.2, 0.25) is 15.9 Å².